The molecule has 3 nitrogen and oxygen atoms in total. The SMILES string of the molecule is c1cc2c3c(cnc2[nH]1)CCN3. The van der Waals surface area contributed by atoms with Crippen LogP contribution in [0, 0.1) is 0 Å². The van der Waals surface area contributed by atoms with Gasteiger partial charge < -0.3 is 10.3 Å². The summed E-state index contributed by atoms with van der Waals surface area (Å²) in [4.78, 5) is 7.42. The molecule has 0 aliphatic carbocycles. The number of nitrogens with one attached hydrogen (secondary N) is 2. The molecule has 0 amide bonds. The summed E-state index contributed by atoms with van der Waals surface area (Å²) < 4.78 is 0. The standard InChI is InChI=1S/C9H9N3/c1-3-10-8-6(1)5-12-9-7(8)2-4-11-9/h2,4-5,10H,1,3H2,(H,11,12). The number of pyridine rings is 1. The van der Waals surface area contributed by atoms with Gasteiger partial charge in [-0.05, 0) is 18.1 Å². The summed E-state index contributed by atoms with van der Waals surface area (Å²) in [7, 11) is 0. The van der Waals surface area contributed by atoms with Gasteiger partial charge in [-0.1, -0.05) is 0 Å². The van der Waals surface area contributed by atoms with Gasteiger partial charge in [0.1, 0.15) is 5.65 Å². The fraction of sp³-hybridized carbons (Fsp3) is 0.222. The zero-order chi connectivity index (χ0) is 7.97. The number of anilines is 1. The van der Waals surface area contributed by atoms with Crippen molar-refractivity contribution in [3.05, 3.63) is 24.0 Å². The minimum Gasteiger partial charge on any atom is -0.384 e. The predicted molar refractivity (Wildman–Crippen MR) is 48.3 cm³/mol. The lowest BCUT2D eigenvalue weighted by Crippen LogP contribution is -1.91. The van der Waals surface area contributed by atoms with E-state index < -0.39 is 0 Å². The molecule has 2 N–H and O–H groups in total. The first kappa shape index (κ1) is 6.06. The average Bonchev–Trinajstić information content (AvgIpc) is 2.71. The maximum Gasteiger partial charge on any atom is 0.139 e. The molecule has 0 saturated carbocycles. The van der Waals surface area contributed by atoms with E-state index >= 15 is 0 Å². The number of H-pyrrole nitrogens is 1. The molecule has 12 heavy (non-hydrogen) atoms. The van der Waals surface area contributed by atoms with Crippen molar-refractivity contribution in [2.45, 2.75) is 6.42 Å². The first-order valence-corrected chi connectivity index (χ1v) is 4.14. The first-order valence-electron chi connectivity index (χ1n) is 4.14. The van der Waals surface area contributed by atoms with Crippen LogP contribution in [0.25, 0.3) is 11.0 Å². The van der Waals surface area contributed by atoms with Crippen molar-refractivity contribution in [3.63, 3.8) is 0 Å². The monoisotopic (exact) mass is 159 g/mol. The lowest BCUT2D eigenvalue weighted by Gasteiger charge is -1.99. The Balaban J connectivity index is 2.46. The maximum atomic E-state index is 4.32. The lowest BCUT2D eigenvalue weighted by molar-refractivity contribution is 1.09. The number of rotatable bonds is 0. The molecule has 0 atom stereocenters. The van der Waals surface area contributed by atoms with Crippen LogP contribution in [0.15, 0.2) is 18.5 Å². The molecule has 0 bridgehead atoms. The molecule has 0 fully saturated rings. The molecule has 3 heteroatoms. The van der Waals surface area contributed by atoms with Crippen LogP contribution in [0.4, 0.5) is 5.69 Å². The number of aromatic amines is 1. The highest BCUT2D eigenvalue weighted by molar-refractivity contribution is 5.91. The molecular weight excluding hydrogens is 150 g/mol. The van der Waals surface area contributed by atoms with Crippen molar-refractivity contribution >= 4 is 16.7 Å². The largest absolute Gasteiger partial charge is 0.384 e. The highest BCUT2D eigenvalue weighted by atomic mass is 14.9. The zero-order valence-corrected chi connectivity index (χ0v) is 6.59. The minimum absolute atomic E-state index is 0.975. The topological polar surface area (TPSA) is 40.7 Å². The molecule has 3 rings (SSSR count). The van der Waals surface area contributed by atoms with Gasteiger partial charge in [0.15, 0.2) is 0 Å². The van der Waals surface area contributed by atoms with Gasteiger partial charge in [0, 0.05) is 24.3 Å². The summed E-state index contributed by atoms with van der Waals surface area (Å²) >= 11 is 0. The highest BCUT2D eigenvalue weighted by Crippen LogP contribution is 2.28. The van der Waals surface area contributed by atoms with Crippen LogP contribution in [0.5, 0.6) is 0 Å². The van der Waals surface area contributed by atoms with Gasteiger partial charge in [-0.15, -0.1) is 0 Å². The van der Waals surface area contributed by atoms with E-state index in [2.05, 4.69) is 21.4 Å². The third-order valence-electron chi connectivity index (χ3n) is 2.36. The quantitative estimate of drug-likeness (QED) is 0.612. The van der Waals surface area contributed by atoms with Crippen LogP contribution in [0.2, 0.25) is 0 Å². The average molecular weight is 159 g/mol. The fourth-order valence-electron chi connectivity index (χ4n) is 1.77. The molecule has 0 unspecified atom stereocenters. The van der Waals surface area contributed by atoms with Crippen molar-refractivity contribution in [1.82, 2.24) is 9.97 Å². The molecule has 60 valence electrons. The van der Waals surface area contributed by atoms with Gasteiger partial charge >= 0.3 is 0 Å². The van der Waals surface area contributed by atoms with E-state index in [1.807, 2.05) is 12.4 Å². The second-order valence-electron chi connectivity index (χ2n) is 3.08. The van der Waals surface area contributed by atoms with Crippen LogP contribution < -0.4 is 5.32 Å². The van der Waals surface area contributed by atoms with Crippen molar-refractivity contribution in [2.75, 3.05) is 11.9 Å². The van der Waals surface area contributed by atoms with Gasteiger partial charge in [0.25, 0.3) is 0 Å². The Morgan fingerprint density at radius 1 is 1.42 bits per heavy atom. The molecule has 2 aromatic rings. The smallest absolute Gasteiger partial charge is 0.139 e. The molecule has 2 aromatic heterocycles. The van der Waals surface area contributed by atoms with Gasteiger partial charge in [0.2, 0.25) is 0 Å². The van der Waals surface area contributed by atoms with Crippen molar-refractivity contribution in [3.8, 4) is 0 Å². The molecule has 0 saturated heterocycles. The van der Waals surface area contributed by atoms with Crippen LogP contribution in [0.1, 0.15) is 5.56 Å². The van der Waals surface area contributed by atoms with E-state index in [9.17, 15) is 0 Å². The summed E-state index contributed by atoms with van der Waals surface area (Å²) in [6, 6.07) is 2.07. The number of aromatic nitrogens is 2. The zero-order valence-electron chi connectivity index (χ0n) is 6.59. The third kappa shape index (κ3) is 0.630. The normalized spacial score (nSPS) is 14.7. The maximum absolute atomic E-state index is 4.32. The molecular formula is C9H9N3. The van der Waals surface area contributed by atoms with Crippen LogP contribution >= 0.6 is 0 Å². The van der Waals surface area contributed by atoms with Crippen molar-refractivity contribution in [1.29, 1.82) is 0 Å². The second-order valence-corrected chi connectivity index (χ2v) is 3.08. The van der Waals surface area contributed by atoms with E-state index in [4.69, 9.17) is 0 Å². The highest BCUT2D eigenvalue weighted by Gasteiger charge is 2.13. The predicted octanol–water partition coefficient (Wildman–Crippen LogP) is 1.53. The summed E-state index contributed by atoms with van der Waals surface area (Å²) in [5, 5.41) is 4.58. The summed E-state index contributed by atoms with van der Waals surface area (Å²) in [5.74, 6) is 0. The number of hydrogen-bond acceptors (Lipinski definition) is 2. The fourth-order valence-corrected chi connectivity index (χ4v) is 1.77. The summed E-state index contributed by atoms with van der Waals surface area (Å²) in [6.45, 7) is 1.04. The van der Waals surface area contributed by atoms with Crippen molar-refractivity contribution < 1.29 is 0 Å². The molecule has 0 aromatic carbocycles. The van der Waals surface area contributed by atoms with Crippen LogP contribution in [-0.2, 0) is 6.42 Å². The van der Waals surface area contributed by atoms with E-state index in [-0.39, 0.29) is 0 Å². The Morgan fingerprint density at radius 3 is 3.42 bits per heavy atom. The minimum atomic E-state index is 0.975. The van der Waals surface area contributed by atoms with Gasteiger partial charge in [-0.2, -0.15) is 0 Å². The molecule has 3 heterocycles. The molecule has 0 spiro atoms. The Morgan fingerprint density at radius 2 is 2.42 bits per heavy atom. The Kier molecular flexibility index (Phi) is 1.01. The van der Waals surface area contributed by atoms with Crippen molar-refractivity contribution in [2.24, 2.45) is 0 Å². The van der Waals surface area contributed by atoms with Gasteiger partial charge in [-0.25, -0.2) is 4.98 Å². The third-order valence-corrected chi connectivity index (χ3v) is 2.36. The van der Waals surface area contributed by atoms with Crippen LogP contribution in [0.3, 0.4) is 0 Å². The number of hydrogen-bond donors (Lipinski definition) is 2. The van der Waals surface area contributed by atoms with E-state index in [1.54, 1.807) is 0 Å². The van der Waals surface area contributed by atoms with E-state index in [0.717, 1.165) is 18.6 Å². The van der Waals surface area contributed by atoms with Gasteiger partial charge in [0.05, 0.1) is 5.69 Å². The molecule has 0 radical (unpaired) electrons. The van der Waals surface area contributed by atoms with E-state index in [0.29, 0.717) is 0 Å². The van der Waals surface area contributed by atoms with Gasteiger partial charge in [-0.3, -0.25) is 0 Å². The van der Waals surface area contributed by atoms with Crippen LogP contribution in [-0.4, -0.2) is 16.5 Å². The Hall–Kier alpha value is -1.51. The Bertz CT molecular complexity index is 430. The first-order chi connectivity index (χ1) is 5.95. The van der Waals surface area contributed by atoms with E-state index in [1.165, 1.54) is 16.6 Å². The number of nitrogens with zero attached hydrogens (tertiary/aromatic N) is 1. The lowest BCUT2D eigenvalue weighted by atomic mass is 10.2. The Labute approximate surface area is 69.8 Å². The molecule has 1 aliphatic heterocycles. The summed E-state index contributed by atoms with van der Waals surface area (Å²) in [6.07, 6.45) is 4.98. The molecule has 1 aliphatic rings. The number of fused-ring (bicyclic) bond motifs is 3. The summed E-state index contributed by atoms with van der Waals surface area (Å²) in [5.41, 5.74) is 3.58. The second kappa shape index (κ2) is 2.00.